The van der Waals surface area contributed by atoms with Gasteiger partial charge in [-0.1, -0.05) is 6.07 Å². The Morgan fingerprint density at radius 3 is 3.17 bits per heavy atom. The number of likely N-dealkylation sites (tertiary alicyclic amines) is 1. The summed E-state index contributed by atoms with van der Waals surface area (Å²) >= 11 is 1.35. The zero-order valence-electron chi connectivity index (χ0n) is 13.7. The van der Waals surface area contributed by atoms with E-state index in [9.17, 15) is 4.79 Å². The third-order valence-corrected chi connectivity index (χ3v) is 5.20. The third kappa shape index (κ3) is 3.81. The standard InChI is InChI=1S/C18H20N4OS/c1-21(11-14-3-2-6-20-10-14)12-15-4-7-22(13-15)18(23)17-16(9-19)5-8-24-17/h2-3,5-6,8,10,15H,4,7,11-13H2,1H3. The van der Waals surface area contributed by atoms with E-state index in [1.54, 1.807) is 17.6 Å². The molecule has 124 valence electrons. The highest BCUT2D eigenvalue weighted by Crippen LogP contribution is 2.24. The monoisotopic (exact) mass is 340 g/mol. The van der Waals surface area contributed by atoms with Crippen molar-refractivity contribution in [3.8, 4) is 6.07 Å². The molecule has 6 heteroatoms. The number of amides is 1. The molecule has 5 nitrogen and oxygen atoms in total. The lowest BCUT2D eigenvalue weighted by Crippen LogP contribution is -2.31. The molecule has 3 heterocycles. The molecule has 1 amide bonds. The molecule has 1 unspecified atom stereocenters. The number of hydrogen-bond donors (Lipinski definition) is 0. The molecule has 1 saturated heterocycles. The van der Waals surface area contributed by atoms with E-state index in [0.717, 1.165) is 32.6 Å². The number of carbonyl (C=O) groups excluding carboxylic acids is 1. The quantitative estimate of drug-likeness (QED) is 0.839. The van der Waals surface area contributed by atoms with Gasteiger partial charge in [0.1, 0.15) is 10.9 Å². The minimum absolute atomic E-state index is 0.000961. The van der Waals surface area contributed by atoms with Crippen molar-refractivity contribution in [1.82, 2.24) is 14.8 Å². The van der Waals surface area contributed by atoms with Crippen molar-refractivity contribution in [1.29, 1.82) is 5.26 Å². The predicted molar refractivity (Wildman–Crippen MR) is 93.6 cm³/mol. The highest BCUT2D eigenvalue weighted by molar-refractivity contribution is 7.12. The molecule has 0 radical (unpaired) electrons. The van der Waals surface area contributed by atoms with E-state index >= 15 is 0 Å². The van der Waals surface area contributed by atoms with Crippen LogP contribution < -0.4 is 0 Å². The van der Waals surface area contributed by atoms with E-state index in [2.05, 4.69) is 29.1 Å². The van der Waals surface area contributed by atoms with Gasteiger partial charge in [-0.3, -0.25) is 9.78 Å². The fraction of sp³-hybridized carbons (Fsp3) is 0.389. The first-order valence-corrected chi connectivity index (χ1v) is 8.89. The van der Waals surface area contributed by atoms with Gasteiger partial charge in [0.15, 0.2) is 0 Å². The Morgan fingerprint density at radius 2 is 2.42 bits per heavy atom. The molecule has 2 aromatic rings. The Labute approximate surface area is 146 Å². The summed E-state index contributed by atoms with van der Waals surface area (Å²) in [6.45, 7) is 3.35. The number of carbonyl (C=O) groups is 1. The maximum absolute atomic E-state index is 12.6. The van der Waals surface area contributed by atoms with Gasteiger partial charge in [0.05, 0.1) is 5.56 Å². The summed E-state index contributed by atoms with van der Waals surface area (Å²) in [6.07, 6.45) is 4.68. The molecular formula is C18H20N4OS. The van der Waals surface area contributed by atoms with Crippen LogP contribution in [-0.2, 0) is 6.54 Å². The van der Waals surface area contributed by atoms with Crippen molar-refractivity contribution in [3.05, 3.63) is 52.0 Å². The summed E-state index contributed by atoms with van der Waals surface area (Å²) in [4.78, 5) is 21.5. The van der Waals surface area contributed by atoms with Crippen molar-refractivity contribution in [2.45, 2.75) is 13.0 Å². The molecule has 0 aliphatic carbocycles. The average molecular weight is 340 g/mol. The Kier molecular flexibility index (Phi) is 5.24. The zero-order chi connectivity index (χ0) is 16.9. The number of hydrogen-bond acceptors (Lipinski definition) is 5. The van der Waals surface area contributed by atoms with Gasteiger partial charge in [-0.25, -0.2) is 0 Å². The average Bonchev–Trinajstić information content (AvgIpc) is 3.24. The SMILES string of the molecule is CN(Cc1cccnc1)CC1CCN(C(=O)c2sccc2C#N)C1. The number of pyridine rings is 1. The van der Waals surface area contributed by atoms with E-state index in [4.69, 9.17) is 5.26 Å². The molecule has 0 spiro atoms. The van der Waals surface area contributed by atoms with Crippen LogP contribution in [0.2, 0.25) is 0 Å². The lowest BCUT2D eigenvalue weighted by Gasteiger charge is -2.21. The van der Waals surface area contributed by atoms with Gasteiger partial charge in [-0.2, -0.15) is 5.26 Å². The molecule has 2 aromatic heterocycles. The van der Waals surface area contributed by atoms with Crippen molar-refractivity contribution in [3.63, 3.8) is 0 Å². The molecule has 1 atom stereocenters. The van der Waals surface area contributed by atoms with Crippen LogP contribution in [0.5, 0.6) is 0 Å². The van der Waals surface area contributed by atoms with E-state index in [1.165, 1.54) is 16.9 Å². The van der Waals surface area contributed by atoms with E-state index in [0.29, 0.717) is 16.4 Å². The van der Waals surface area contributed by atoms with Crippen molar-refractivity contribution in [2.24, 2.45) is 5.92 Å². The van der Waals surface area contributed by atoms with Gasteiger partial charge in [0.25, 0.3) is 5.91 Å². The Bertz CT molecular complexity index is 737. The second kappa shape index (κ2) is 7.56. The zero-order valence-corrected chi connectivity index (χ0v) is 14.5. The van der Waals surface area contributed by atoms with E-state index < -0.39 is 0 Å². The molecular weight excluding hydrogens is 320 g/mol. The summed E-state index contributed by atoms with van der Waals surface area (Å²) in [5.74, 6) is 0.472. The highest BCUT2D eigenvalue weighted by Gasteiger charge is 2.29. The predicted octanol–water partition coefficient (Wildman–Crippen LogP) is 2.61. The minimum Gasteiger partial charge on any atom is -0.338 e. The summed E-state index contributed by atoms with van der Waals surface area (Å²) in [5.41, 5.74) is 1.69. The summed E-state index contributed by atoms with van der Waals surface area (Å²) in [6, 6.07) is 7.84. The number of nitrogens with zero attached hydrogens (tertiary/aromatic N) is 4. The van der Waals surface area contributed by atoms with Gasteiger partial charge in [0.2, 0.25) is 0 Å². The van der Waals surface area contributed by atoms with Crippen LogP contribution in [0.1, 0.15) is 27.2 Å². The Morgan fingerprint density at radius 1 is 1.54 bits per heavy atom. The summed E-state index contributed by atoms with van der Waals surface area (Å²) < 4.78 is 0. The smallest absolute Gasteiger partial charge is 0.265 e. The van der Waals surface area contributed by atoms with E-state index in [1.807, 2.05) is 17.2 Å². The molecule has 0 N–H and O–H groups in total. The van der Waals surface area contributed by atoms with Crippen LogP contribution in [0.3, 0.4) is 0 Å². The minimum atomic E-state index is -0.000961. The Hall–Kier alpha value is -2.23. The number of thiophene rings is 1. The van der Waals surface area contributed by atoms with Gasteiger partial charge in [-0.05, 0) is 42.5 Å². The van der Waals surface area contributed by atoms with Crippen LogP contribution in [0, 0.1) is 17.2 Å². The molecule has 0 aromatic carbocycles. The molecule has 1 aliphatic heterocycles. The second-order valence-electron chi connectivity index (χ2n) is 6.24. The van der Waals surface area contributed by atoms with Crippen LogP contribution in [0.25, 0.3) is 0 Å². The summed E-state index contributed by atoms with van der Waals surface area (Å²) in [7, 11) is 2.10. The largest absolute Gasteiger partial charge is 0.338 e. The highest BCUT2D eigenvalue weighted by atomic mass is 32.1. The molecule has 24 heavy (non-hydrogen) atoms. The molecule has 1 fully saturated rings. The first-order chi connectivity index (χ1) is 11.7. The normalized spacial score (nSPS) is 17.2. The van der Waals surface area contributed by atoms with Crippen LogP contribution in [-0.4, -0.2) is 47.4 Å². The first kappa shape index (κ1) is 16.6. The lowest BCUT2D eigenvalue weighted by atomic mass is 10.1. The Balaban J connectivity index is 1.54. The van der Waals surface area contributed by atoms with Crippen molar-refractivity contribution in [2.75, 3.05) is 26.7 Å². The maximum atomic E-state index is 12.6. The molecule has 1 aliphatic rings. The first-order valence-electron chi connectivity index (χ1n) is 8.01. The van der Waals surface area contributed by atoms with Crippen LogP contribution in [0.15, 0.2) is 36.0 Å². The fourth-order valence-electron chi connectivity index (χ4n) is 3.18. The van der Waals surface area contributed by atoms with E-state index in [-0.39, 0.29) is 5.91 Å². The second-order valence-corrected chi connectivity index (χ2v) is 7.16. The molecule has 0 bridgehead atoms. The third-order valence-electron chi connectivity index (χ3n) is 4.30. The van der Waals surface area contributed by atoms with Gasteiger partial charge < -0.3 is 9.80 Å². The topological polar surface area (TPSA) is 60.2 Å². The molecule has 0 saturated carbocycles. The fourth-order valence-corrected chi connectivity index (χ4v) is 3.99. The van der Waals surface area contributed by atoms with Gasteiger partial charge in [-0.15, -0.1) is 11.3 Å². The van der Waals surface area contributed by atoms with Crippen molar-refractivity contribution >= 4 is 17.2 Å². The molecule has 3 rings (SSSR count). The lowest BCUT2D eigenvalue weighted by molar-refractivity contribution is 0.0788. The van der Waals surface area contributed by atoms with Crippen LogP contribution >= 0.6 is 11.3 Å². The number of aromatic nitrogens is 1. The van der Waals surface area contributed by atoms with Gasteiger partial charge in [0, 0.05) is 38.6 Å². The van der Waals surface area contributed by atoms with Gasteiger partial charge >= 0.3 is 0 Å². The van der Waals surface area contributed by atoms with Crippen LogP contribution in [0.4, 0.5) is 0 Å². The van der Waals surface area contributed by atoms with Crippen molar-refractivity contribution < 1.29 is 4.79 Å². The summed E-state index contributed by atoms with van der Waals surface area (Å²) in [5, 5.41) is 10.9. The maximum Gasteiger partial charge on any atom is 0.265 e. The number of nitriles is 1. The number of rotatable bonds is 5.